The van der Waals surface area contributed by atoms with Gasteiger partial charge in [-0.2, -0.15) is 18.3 Å². The summed E-state index contributed by atoms with van der Waals surface area (Å²) in [6.07, 6.45) is -5.27. The number of aromatic nitrogens is 2. The van der Waals surface area contributed by atoms with Crippen LogP contribution >= 0.6 is 0 Å². The molecule has 154 valence electrons. The van der Waals surface area contributed by atoms with E-state index >= 15 is 0 Å². The normalized spacial score (nSPS) is 14.1. The molecular formula is C17H27F3N2O4Si. The Morgan fingerprint density at radius 1 is 1.26 bits per heavy atom. The maximum atomic E-state index is 13.5. The predicted octanol–water partition coefficient (Wildman–Crippen LogP) is 4.06. The molecule has 0 saturated carbocycles. The second-order valence-electron chi connectivity index (χ2n) is 7.95. The summed E-state index contributed by atoms with van der Waals surface area (Å²) < 4.78 is 51.8. The molecule has 0 bridgehead atoms. The fourth-order valence-corrected chi connectivity index (χ4v) is 3.72. The van der Waals surface area contributed by atoms with E-state index in [1.807, 2.05) is 33.9 Å². The van der Waals surface area contributed by atoms with Crippen LogP contribution in [0.5, 0.6) is 0 Å². The molecule has 0 aromatic carbocycles. The number of methoxy groups -OCH3 is 1. The van der Waals surface area contributed by atoms with Crippen LogP contribution in [0.2, 0.25) is 18.1 Å². The molecule has 1 heterocycles. The summed E-state index contributed by atoms with van der Waals surface area (Å²) in [7, 11) is -1.12. The smallest absolute Gasteiger partial charge is 0.433 e. The van der Waals surface area contributed by atoms with E-state index in [2.05, 4.69) is 9.84 Å². The number of esters is 1. The van der Waals surface area contributed by atoms with Crippen LogP contribution in [0.3, 0.4) is 0 Å². The molecule has 0 fully saturated rings. The Labute approximate surface area is 158 Å². The van der Waals surface area contributed by atoms with Gasteiger partial charge in [0.1, 0.15) is 6.42 Å². The molecule has 0 N–H and O–H groups in total. The molecule has 0 aliphatic carbocycles. The van der Waals surface area contributed by atoms with Gasteiger partial charge >= 0.3 is 12.1 Å². The Hall–Kier alpha value is -1.68. The number of Topliss-reactive ketones (excluding diaryl/α,β-unsaturated/α-hetero) is 1. The lowest BCUT2D eigenvalue weighted by Gasteiger charge is -2.38. The number of alkyl halides is 3. The lowest BCUT2D eigenvalue weighted by atomic mass is 10.1. The standard InChI is InChI=1S/C17H27F3N2O4Si/c1-11(26-27(6,7)16(2,3)4)10-22-15(17(18,19)20)12(9-21-22)13(23)8-14(24)25-5/h9,11H,8,10H2,1-7H3. The summed E-state index contributed by atoms with van der Waals surface area (Å²) in [5.41, 5.74) is -1.82. The van der Waals surface area contributed by atoms with Gasteiger partial charge in [0, 0.05) is 0 Å². The highest BCUT2D eigenvalue weighted by Crippen LogP contribution is 2.38. The average molecular weight is 408 g/mol. The zero-order chi connectivity index (χ0) is 21.2. The fourth-order valence-electron chi connectivity index (χ4n) is 2.29. The average Bonchev–Trinajstić information content (AvgIpc) is 2.88. The second kappa shape index (κ2) is 8.13. The molecule has 6 nitrogen and oxygen atoms in total. The summed E-state index contributed by atoms with van der Waals surface area (Å²) in [6, 6.07) is 0. The van der Waals surface area contributed by atoms with Crippen molar-refractivity contribution in [2.24, 2.45) is 0 Å². The first-order valence-corrected chi connectivity index (χ1v) is 11.4. The van der Waals surface area contributed by atoms with Crippen LogP contribution in [0.4, 0.5) is 13.2 Å². The number of halogens is 3. The minimum Gasteiger partial charge on any atom is -0.469 e. The molecule has 1 aromatic heterocycles. The van der Waals surface area contributed by atoms with E-state index in [1.165, 1.54) is 0 Å². The summed E-state index contributed by atoms with van der Waals surface area (Å²) in [4.78, 5) is 23.3. The number of nitrogens with zero attached hydrogens (tertiary/aromatic N) is 2. The first kappa shape index (κ1) is 23.4. The van der Waals surface area contributed by atoms with Gasteiger partial charge in [-0.25, -0.2) is 0 Å². The van der Waals surface area contributed by atoms with Crippen molar-refractivity contribution in [1.82, 2.24) is 9.78 Å². The highest BCUT2D eigenvalue weighted by Gasteiger charge is 2.42. The topological polar surface area (TPSA) is 70.4 Å². The Morgan fingerprint density at radius 2 is 1.81 bits per heavy atom. The SMILES string of the molecule is COC(=O)CC(=O)c1cnn(CC(C)O[Si](C)(C)C(C)(C)C)c1C(F)(F)F. The van der Waals surface area contributed by atoms with Gasteiger partial charge in [0.25, 0.3) is 0 Å². The fraction of sp³-hybridized carbons (Fsp3) is 0.706. The van der Waals surface area contributed by atoms with E-state index in [4.69, 9.17) is 4.43 Å². The Morgan fingerprint density at radius 3 is 2.26 bits per heavy atom. The van der Waals surface area contributed by atoms with E-state index in [0.29, 0.717) is 0 Å². The van der Waals surface area contributed by atoms with Crippen molar-refractivity contribution in [3.05, 3.63) is 17.5 Å². The molecular weight excluding hydrogens is 381 g/mol. The van der Waals surface area contributed by atoms with Crippen molar-refractivity contribution in [3.63, 3.8) is 0 Å². The monoisotopic (exact) mass is 408 g/mol. The number of rotatable bonds is 7. The maximum Gasteiger partial charge on any atom is 0.433 e. The number of carbonyl (C=O) groups is 2. The largest absolute Gasteiger partial charge is 0.469 e. The molecule has 0 amide bonds. The molecule has 0 saturated heterocycles. The van der Waals surface area contributed by atoms with E-state index in [1.54, 1.807) is 6.92 Å². The van der Waals surface area contributed by atoms with Crippen LogP contribution in [-0.4, -0.2) is 43.1 Å². The minimum absolute atomic E-state index is 0.0973. The number of carbonyl (C=O) groups excluding carboxylic acids is 2. The van der Waals surface area contributed by atoms with Crippen molar-refractivity contribution >= 4 is 20.1 Å². The third-order valence-electron chi connectivity index (χ3n) is 4.67. The van der Waals surface area contributed by atoms with Crippen molar-refractivity contribution in [2.75, 3.05) is 7.11 Å². The van der Waals surface area contributed by atoms with Crippen molar-refractivity contribution < 1.29 is 31.9 Å². The minimum atomic E-state index is -4.80. The van der Waals surface area contributed by atoms with E-state index in [9.17, 15) is 22.8 Å². The number of ketones is 1. The molecule has 0 aliphatic heterocycles. The molecule has 0 aliphatic rings. The van der Waals surface area contributed by atoms with Gasteiger partial charge < -0.3 is 9.16 Å². The highest BCUT2D eigenvalue weighted by molar-refractivity contribution is 6.74. The van der Waals surface area contributed by atoms with Gasteiger partial charge in [0.15, 0.2) is 19.8 Å². The molecule has 1 rings (SSSR count). The molecule has 10 heteroatoms. The summed E-state index contributed by atoms with van der Waals surface area (Å²) in [6.45, 7) is 11.6. The van der Waals surface area contributed by atoms with Crippen molar-refractivity contribution in [3.8, 4) is 0 Å². The van der Waals surface area contributed by atoms with Crippen LogP contribution in [0.1, 0.15) is 50.2 Å². The number of hydrogen-bond donors (Lipinski definition) is 0. The molecule has 0 spiro atoms. The van der Waals surface area contributed by atoms with Gasteiger partial charge in [-0.15, -0.1) is 0 Å². The predicted molar refractivity (Wildman–Crippen MR) is 95.9 cm³/mol. The van der Waals surface area contributed by atoms with E-state index in [0.717, 1.165) is 18.0 Å². The number of ether oxygens (including phenoxy) is 1. The molecule has 1 aromatic rings. The molecule has 1 atom stereocenters. The van der Waals surface area contributed by atoms with Crippen LogP contribution in [0.25, 0.3) is 0 Å². The first-order chi connectivity index (χ1) is 12.1. The van der Waals surface area contributed by atoms with Gasteiger partial charge in [0.05, 0.1) is 31.5 Å². The summed E-state index contributed by atoms with van der Waals surface area (Å²) in [5.74, 6) is -1.89. The first-order valence-electron chi connectivity index (χ1n) is 8.51. The summed E-state index contributed by atoms with van der Waals surface area (Å²) in [5, 5.41) is 3.63. The van der Waals surface area contributed by atoms with Crippen molar-refractivity contribution in [1.29, 1.82) is 0 Å². The molecule has 27 heavy (non-hydrogen) atoms. The van der Waals surface area contributed by atoms with Crippen LogP contribution in [0.15, 0.2) is 6.20 Å². The zero-order valence-corrected chi connectivity index (χ0v) is 17.7. The van der Waals surface area contributed by atoms with Crippen LogP contribution in [-0.2, 0) is 26.7 Å². The number of hydrogen-bond acceptors (Lipinski definition) is 5. The highest BCUT2D eigenvalue weighted by atomic mass is 28.4. The van der Waals surface area contributed by atoms with Gasteiger partial charge in [0.2, 0.25) is 0 Å². The van der Waals surface area contributed by atoms with E-state index in [-0.39, 0.29) is 11.6 Å². The lowest BCUT2D eigenvalue weighted by molar-refractivity contribution is -0.145. The Kier molecular flexibility index (Phi) is 7.04. The van der Waals surface area contributed by atoms with Gasteiger partial charge in [-0.3, -0.25) is 14.3 Å². The molecule has 1 unspecified atom stereocenters. The molecule has 0 radical (unpaired) electrons. The van der Waals surface area contributed by atoms with Crippen molar-refractivity contribution in [2.45, 2.75) is 71.1 Å². The van der Waals surface area contributed by atoms with Gasteiger partial charge in [-0.1, -0.05) is 20.8 Å². The van der Waals surface area contributed by atoms with Crippen LogP contribution in [0, 0.1) is 0 Å². The van der Waals surface area contributed by atoms with E-state index < -0.39 is 50.0 Å². The summed E-state index contributed by atoms with van der Waals surface area (Å²) >= 11 is 0. The Bertz CT molecular complexity index is 693. The third kappa shape index (κ3) is 5.90. The quantitative estimate of drug-likeness (QED) is 0.295. The second-order valence-corrected chi connectivity index (χ2v) is 12.7. The van der Waals surface area contributed by atoms with Gasteiger partial charge in [-0.05, 0) is 25.1 Å². The van der Waals surface area contributed by atoms with Crippen LogP contribution < -0.4 is 0 Å². The maximum absolute atomic E-state index is 13.5. The lowest BCUT2D eigenvalue weighted by Crippen LogP contribution is -2.44. The third-order valence-corrected chi connectivity index (χ3v) is 9.28. The Balaban J connectivity index is 3.12. The zero-order valence-electron chi connectivity index (χ0n) is 16.7.